The van der Waals surface area contributed by atoms with Crippen LogP contribution in [0.15, 0.2) is 0 Å². The SMILES string of the molecule is B.COS(=O)(=O)O. The summed E-state index contributed by atoms with van der Waals surface area (Å²) in [6.07, 6.45) is 0. The second-order valence-corrected chi connectivity index (χ2v) is 1.78. The average Bonchev–Trinajstić information content (AvgIpc) is 1.35. The van der Waals surface area contributed by atoms with Gasteiger partial charge in [-0.15, -0.1) is 0 Å². The third kappa shape index (κ3) is 10.7. The average molecular weight is 126 g/mol. The number of hydrogen-bond donors (Lipinski definition) is 1. The molecule has 0 aliphatic carbocycles. The monoisotopic (exact) mass is 126 g/mol. The summed E-state index contributed by atoms with van der Waals surface area (Å²) in [5.74, 6) is 0. The molecule has 0 radical (unpaired) electrons. The van der Waals surface area contributed by atoms with Gasteiger partial charge in [-0.05, 0) is 0 Å². The van der Waals surface area contributed by atoms with Crippen LogP contribution in [0.25, 0.3) is 0 Å². The molecule has 0 aromatic carbocycles. The zero-order valence-electron chi connectivity index (χ0n) is 3.08. The lowest BCUT2D eigenvalue weighted by atomic mass is 10.8. The molecule has 0 spiro atoms. The van der Waals surface area contributed by atoms with Crippen molar-refractivity contribution in [1.82, 2.24) is 0 Å². The van der Waals surface area contributed by atoms with E-state index in [4.69, 9.17) is 4.55 Å². The minimum absolute atomic E-state index is 0. The third-order valence-corrected chi connectivity index (χ3v) is 0.632. The standard InChI is InChI=1S/CH4O4S.BH3/c1-5-6(2,3)4;/h1H3,(H,2,3,4);1H3. The first-order chi connectivity index (χ1) is 2.56. The molecule has 0 amide bonds. The van der Waals surface area contributed by atoms with Crippen molar-refractivity contribution in [1.29, 1.82) is 0 Å². The van der Waals surface area contributed by atoms with E-state index in [-0.39, 0.29) is 8.41 Å². The Morgan fingerprint density at radius 2 is 1.71 bits per heavy atom. The van der Waals surface area contributed by atoms with Crippen molar-refractivity contribution in [3.63, 3.8) is 0 Å². The van der Waals surface area contributed by atoms with Gasteiger partial charge in [-0.1, -0.05) is 0 Å². The van der Waals surface area contributed by atoms with E-state index in [0.717, 1.165) is 7.11 Å². The zero-order chi connectivity index (χ0) is 5.21. The van der Waals surface area contributed by atoms with Crippen LogP contribution in [0.2, 0.25) is 0 Å². The van der Waals surface area contributed by atoms with E-state index in [1.54, 1.807) is 0 Å². The van der Waals surface area contributed by atoms with Gasteiger partial charge in [-0.2, -0.15) is 8.42 Å². The molecule has 0 saturated carbocycles. The van der Waals surface area contributed by atoms with Crippen LogP contribution < -0.4 is 0 Å². The number of rotatable bonds is 1. The molecule has 0 aromatic rings. The van der Waals surface area contributed by atoms with Crippen LogP contribution in [0.5, 0.6) is 0 Å². The van der Waals surface area contributed by atoms with Crippen molar-refractivity contribution in [2.75, 3.05) is 7.11 Å². The molecule has 0 heterocycles. The second kappa shape index (κ2) is 3.01. The molecule has 0 rings (SSSR count). The van der Waals surface area contributed by atoms with E-state index in [0.29, 0.717) is 0 Å². The Morgan fingerprint density at radius 3 is 1.71 bits per heavy atom. The maximum atomic E-state index is 9.33. The minimum Gasteiger partial charge on any atom is -0.264 e. The Morgan fingerprint density at radius 1 is 1.57 bits per heavy atom. The van der Waals surface area contributed by atoms with Crippen molar-refractivity contribution >= 4 is 18.8 Å². The highest BCUT2D eigenvalue weighted by molar-refractivity contribution is 7.80. The van der Waals surface area contributed by atoms with Gasteiger partial charge in [-0.3, -0.25) is 8.74 Å². The first kappa shape index (κ1) is 10.0. The van der Waals surface area contributed by atoms with Crippen LogP contribution in [0, 0.1) is 0 Å². The second-order valence-electron chi connectivity index (χ2n) is 0.594. The maximum Gasteiger partial charge on any atom is 0.397 e. The Kier molecular flexibility index (Phi) is 4.31. The lowest BCUT2D eigenvalue weighted by Gasteiger charge is -1.82. The summed E-state index contributed by atoms with van der Waals surface area (Å²) in [4.78, 5) is 0. The molecule has 0 fully saturated rings. The van der Waals surface area contributed by atoms with Gasteiger partial charge in [0.25, 0.3) is 0 Å². The van der Waals surface area contributed by atoms with Crippen LogP contribution in [-0.2, 0) is 14.6 Å². The highest BCUT2D eigenvalue weighted by Crippen LogP contribution is 1.74. The van der Waals surface area contributed by atoms with Crippen molar-refractivity contribution in [2.24, 2.45) is 0 Å². The first-order valence-corrected chi connectivity index (χ1v) is 2.46. The van der Waals surface area contributed by atoms with E-state index in [1.165, 1.54) is 0 Å². The predicted octanol–water partition coefficient (Wildman–Crippen LogP) is -1.75. The summed E-state index contributed by atoms with van der Waals surface area (Å²) in [5, 5.41) is 0. The van der Waals surface area contributed by atoms with Crippen molar-refractivity contribution in [2.45, 2.75) is 0 Å². The molecule has 0 atom stereocenters. The fraction of sp³-hybridized carbons (Fsp3) is 1.00. The molecule has 0 aromatic heterocycles. The van der Waals surface area contributed by atoms with Crippen molar-refractivity contribution in [3.8, 4) is 0 Å². The first-order valence-electron chi connectivity index (χ1n) is 1.09. The molecule has 0 saturated heterocycles. The van der Waals surface area contributed by atoms with E-state index in [9.17, 15) is 8.42 Å². The lowest BCUT2D eigenvalue weighted by molar-refractivity contribution is 0.324. The molecule has 4 nitrogen and oxygen atoms in total. The summed E-state index contributed by atoms with van der Waals surface area (Å²) in [5.41, 5.74) is 0. The van der Waals surface area contributed by atoms with E-state index < -0.39 is 10.4 Å². The van der Waals surface area contributed by atoms with Gasteiger partial charge in [0.1, 0.15) is 0 Å². The van der Waals surface area contributed by atoms with Crippen LogP contribution in [0.4, 0.5) is 0 Å². The van der Waals surface area contributed by atoms with Gasteiger partial charge in [0.2, 0.25) is 0 Å². The molecule has 1 N–H and O–H groups in total. The molecule has 0 bridgehead atoms. The topological polar surface area (TPSA) is 63.6 Å². The Balaban J connectivity index is 0. The minimum atomic E-state index is -4.16. The van der Waals surface area contributed by atoms with Crippen LogP contribution in [0.3, 0.4) is 0 Å². The van der Waals surface area contributed by atoms with Crippen molar-refractivity contribution in [3.05, 3.63) is 0 Å². The molecular weight excluding hydrogens is 119 g/mol. The third-order valence-electron chi connectivity index (χ3n) is 0.211. The van der Waals surface area contributed by atoms with Gasteiger partial charge in [0.15, 0.2) is 0 Å². The largest absolute Gasteiger partial charge is 0.397 e. The molecule has 7 heavy (non-hydrogen) atoms. The lowest BCUT2D eigenvalue weighted by Crippen LogP contribution is -1.96. The van der Waals surface area contributed by atoms with E-state index >= 15 is 0 Å². The van der Waals surface area contributed by atoms with Gasteiger partial charge in [-0.25, -0.2) is 0 Å². The smallest absolute Gasteiger partial charge is 0.264 e. The summed E-state index contributed by atoms with van der Waals surface area (Å²) in [6, 6.07) is 0. The summed E-state index contributed by atoms with van der Waals surface area (Å²) < 4.78 is 29.7. The highest BCUT2D eigenvalue weighted by Gasteiger charge is 1.93. The predicted molar refractivity (Wildman–Crippen MR) is 28.5 cm³/mol. The maximum absolute atomic E-state index is 9.33. The fourth-order valence-corrected chi connectivity index (χ4v) is 0. The Bertz CT molecular complexity index is 114. The normalized spacial score (nSPS) is 10.0. The van der Waals surface area contributed by atoms with Crippen LogP contribution >= 0.6 is 0 Å². The van der Waals surface area contributed by atoms with Gasteiger partial charge >= 0.3 is 10.4 Å². The van der Waals surface area contributed by atoms with Crippen LogP contribution in [-0.4, -0.2) is 28.5 Å². The molecule has 0 aliphatic rings. The van der Waals surface area contributed by atoms with Gasteiger partial charge < -0.3 is 0 Å². The summed E-state index contributed by atoms with van der Waals surface area (Å²) >= 11 is 0. The molecule has 6 heteroatoms. The van der Waals surface area contributed by atoms with Crippen molar-refractivity contribution < 1.29 is 17.2 Å². The zero-order valence-corrected chi connectivity index (χ0v) is 3.90. The quantitative estimate of drug-likeness (QED) is 0.334. The summed E-state index contributed by atoms with van der Waals surface area (Å²) in [6.45, 7) is 0. The van der Waals surface area contributed by atoms with E-state index in [2.05, 4.69) is 4.18 Å². The Labute approximate surface area is 44.0 Å². The fourth-order valence-electron chi connectivity index (χ4n) is 0. The molecular formula is CH7BO4S. The van der Waals surface area contributed by atoms with Crippen LogP contribution in [0.1, 0.15) is 0 Å². The van der Waals surface area contributed by atoms with Gasteiger partial charge in [0, 0.05) is 0 Å². The molecule has 0 unspecified atom stereocenters. The highest BCUT2D eigenvalue weighted by atomic mass is 32.3. The molecule has 44 valence electrons. The van der Waals surface area contributed by atoms with Gasteiger partial charge in [0.05, 0.1) is 15.5 Å². The number of hydrogen-bond acceptors (Lipinski definition) is 3. The van der Waals surface area contributed by atoms with E-state index in [1.807, 2.05) is 0 Å². The summed E-state index contributed by atoms with van der Waals surface area (Å²) in [7, 11) is -3.29. The molecule has 0 aliphatic heterocycles. The Hall–Kier alpha value is -0.0651.